The number of aromatic nitrogens is 3. The van der Waals surface area contributed by atoms with E-state index in [2.05, 4.69) is 19.7 Å². The molecule has 0 saturated carbocycles. The van der Waals surface area contributed by atoms with Crippen molar-refractivity contribution in [2.75, 3.05) is 17.0 Å². The Hall–Kier alpha value is -3.60. The van der Waals surface area contributed by atoms with Crippen LogP contribution < -0.4 is 10.0 Å². The third kappa shape index (κ3) is 5.02. The molecule has 0 aliphatic heterocycles. The SMILES string of the molecule is Cc1cccnc1-c1cc2cccnc2c(NS(=O)(=O)CC(=O)NCC(=O)O)n1. The van der Waals surface area contributed by atoms with Crippen molar-refractivity contribution in [3.05, 3.63) is 48.3 Å². The van der Waals surface area contributed by atoms with Crippen LogP contribution in [0.3, 0.4) is 0 Å². The van der Waals surface area contributed by atoms with Gasteiger partial charge in [0.15, 0.2) is 5.82 Å². The van der Waals surface area contributed by atoms with Gasteiger partial charge in [-0.3, -0.25) is 24.3 Å². The van der Waals surface area contributed by atoms with Crippen LogP contribution in [0, 0.1) is 6.92 Å². The zero-order valence-corrected chi connectivity index (χ0v) is 16.1. The van der Waals surface area contributed by atoms with Crippen molar-refractivity contribution < 1.29 is 23.1 Å². The highest BCUT2D eigenvalue weighted by atomic mass is 32.2. The number of nitrogens with one attached hydrogen (secondary N) is 2. The number of amides is 1. The van der Waals surface area contributed by atoms with Crippen molar-refractivity contribution in [1.82, 2.24) is 20.3 Å². The molecule has 0 bridgehead atoms. The van der Waals surface area contributed by atoms with E-state index in [1.54, 1.807) is 30.5 Å². The second-order valence-corrected chi connectivity index (χ2v) is 7.85. The Bertz CT molecular complexity index is 1200. The smallest absolute Gasteiger partial charge is 0.322 e. The number of carboxylic acid groups (broad SMARTS) is 1. The van der Waals surface area contributed by atoms with Gasteiger partial charge in [0.25, 0.3) is 0 Å². The Kier molecular flexibility index (Phi) is 5.69. The van der Waals surface area contributed by atoms with Crippen molar-refractivity contribution in [3.8, 4) is 11.4 Å². The molecule has 3 rings (SSSR count). The second-order valence-electron chi connectivity index (χ2n) is 6.13. The van der Waals surface area contributed by atoms with E-state index in [0.717, 1.165) is 5.56 Å². The highest BCUT2D eigenvalue weighted by Gasteiger charge is 2.20. The molecule has 3 N–H and O–H groups in total. The van der Waals surface area contributed by atoms with E-state index < -0.39 is 34.2 Å². The average molecular weight is 415 g/mol. The van der Waals surface area contributed by atoms with Crippen LogP contribution >= 0.6 is 0 Å². The van der Waals surface area contributed by atoms with E-state index in [4.69, 9.17) is 5.11 Å². The number of carboxylic acids is 1. The minimum Gasteiger partial charge on any atom is -0.480 e. The molecule has 0 unspecified atom stereocenters. The lowest BCUT2D eigenvalue weighted by atomic mass is 10.1. The summed E-state index contributed by atoms with van der Waals surface area (Å²) >= 11 is 0. The van der Waals surface area contributed by atoms with Gasteiger partial charge < -0.3 is 10.4 Å². The van der Waals surface area contributed by atoms with Crippen LogP contribution in [0.5, 0.6) is 0 Å². The Labute approximate surface area is 166 Å². The molecule has 0 atom stereocenters. The van der Waals surface area contributed by atoms with Gasteiger partial charge in [-0.1, -0.05) is 12.1 Å². The molecule has 10 nitrogen and oxygen atoms in total. The lowest BCUT2D eigenvalue weighted by Crippen LogP contribution is -2.36. The van der Waals surface area contributed by atoms with Gasteiger partial charge in [-0.25, -0.2) is 13.4 Å². The van der Waals surface area contributed by atoms with Crippen molar-refractivity contribution in [3.63, 3.8) is 0 Å². The molecule has 11 heteroatoms. The molecule has 1 amide bonds. The van der Waals surface area contributed by atoms with E-state index in [9.17, 15) is 18.0 Å². The van der Waals surface area contributed by atoms with Crippen molar-refractivity contribution in [1.29, 1.82) is 0 Å². The number of nitrogens with zero attached hydrogens (tertiary/aromatic N) is 3. The van der Waals surface area contributed by atoms with Crippen LogP contribution in [-0.4, -0.2) is 52.7 Å². The number of aryl methyl sites for hydroxylation is 1. The number of carbonyl (C=O) groups excluding carboxylic acids is 1. The fourth-order valence-corrected chi connectivity index (χ4v) is 3.57. The van der Waals surface area contributed by atoms with E-state index in [-0.39, 0.29) is 5.82 Å². The van der Waals surface area contributed by atoms with Crippen molar-refractivity contribution >= 4 is 38.6 Å². The monoisotopic (exact) mass is 415 g/mol. The molecule has 0 fully saturated rings. The first-order valence-electron chi connectivity index (χ1n) is 8.42. The van der Waals surface area contributed by atoms with Crippen LogP contribution in [0.15, 0.2) is 42.7 Å². The molecule has 3 aromatic heterocycles. The maximum absolute atomic E-state index is 12.4. The number of rotatable bonds is 7. The maximum Gasteiger partial charge on any atom is 0.322 e. The number of fused-ring (bicyclic) bond motifs is 1. The molecular weight excluding hydrogens is 398 g/mol. The Morgan fingerprint density at radius 1 is 1.14 bits per heavy atom. The number of sulfonamides is 1. The zero-order valence-electron chi connectivity index (χ0n) is 15.3. The number of carbonyl (C=O) groups is 2. The first kappa shape index (κ1) is 20.1. The summed E-state index contributed by atoms with van der Waals surface area (Å²) in [6.07, 6.45) is 3.10. The van der Waals surface area contributed by atoms with Gasteiger partial charge in [0.2, 0.25) is 15.9 Å². The summed E-state index contributed by atoms with van der Waals surface area (Å²) in [6, 6.07) is 8.84. The van der Waals surface area contributed by atoms with Crippen molar-refractivity contribution in [2.45, 2.75) is 6.92 Å². The molecule has 150 valence electrons. The van der Waals surface area contributed by atoms with Crippen LogP contribution in [0.4, 0.5) is 5.82 Å². The minimum atomic E-state index is -4.16. The summed E-state index contributed by atoms with van der Waals surface area (Å²) in [5.74, 6) is -3.23. The lowest BCUT2D eigenvalue weighted by molar-refractivity contribution is -0.137. The molecular formula is C18H17N5O5S. The summed E-state index contributed by atoms with van der Waals surface area (Å²) < 4.78 is 27.1. The van der Waals surface area contributed by atoms with Gasteiger partial charge in [0.1, 0.15) is 17.8 Å². The predicted molar refractivity (Wildman–Crippen MR) is 106 cm³/mol. The zero-order chi connectivity index (χ0) is 21.0. The summed E-state index contributed by atoms with van der Waals surface area (Å²) in [6.45, 7) is 1.18. The number of anilines is 1. The van der Waals surface area contributed by atoms with Crippen molar-refractivity contribution in [2.24, 2.45) is 0 Å². The number of hydrogen-bond acceptors (Lipinski definition) is 7. The first-order chi connectivity index (χ1) is 13.7. The molecule has 29 heavy (non-hydrogen) atoms. The molecule has 0 radical (unpaired) electrons. The van der Waals surface area contributed by atoms with Gasteiger partial charge in [0.05, 0.1) is 11.4 Å². The maximum atomic E-state index is 12.4. The van der Waals surface area contributed by atoms with Gasteiger partial charge in [-0.05, 0) is 30.7 Å². The number of hydrogen-bond donors (Lipinski definition) is 3. The van der Waals surface area contributed by atoms with Gasteiger partial charge >= 0.3 is 5.97 Å². The largest absolute Gasteiger partial charge is 0.480 e. The predicted octanol–water partition coefficient (Wildman–Crippen LogP) is 0.943. The Balaban J connectivity index is 1.97. The summed E-state index contributed by atoms with van der Waals surface area (Å²) in [5, 5.41) is 11.2. The van der Waals surface area contributed by atoms with E-state index in [0.29, 0.717) is 22.3 Å². The second kappa shape index (κ2) is 8.19. The van der Waals surface area contributed by atoms with Gasteiger partial charge in [0, 0.05) is 17.8 Å². The quantitative estimate of drug-likeness (QED) is 0.516. The summed E-state index contributed by atoms with van der Waals surface area (Å²) in [5.41, 5.74) is 2.18. The third-order valence-electron chi connectivity index (χ3n) is 3.85. The third-order valence-corrected chi connectivity index (χ3v) is 5.00. The highest BCUT2D eigenvalue weighted by molar-refractivity contribution is 7.93. The average Bonchev–Trinajstić information content (AvgIpc) is 2.66. The number of aliphatic carboxylic acids is 1. The number of pyridine rings is 3. The van der Waals surface area contributed by atoms with E-state index in [1.165, 1.54) is 6.20 Å². The fraction of sp³-hybridized carbons (Fsp3) is 0.167. The molecule has 0 aliphatic carbocycles. The lowest BCUT2D eigenvalue weighted by Gasteiger charge is -2.12. The molecule has 3 heterocycles. The highest BCUT2D eigenvalue weighted by Crippen LogP contribution is 2.27. The van der Waals surface area contributed by atoms with Crippen LogP contribution in [0.2, 0.25) is 0 Å². The van der Waals surface area contributed by atoms with E-state index in [1.807, 2.05) is 18.3 Å². The van der Waals surface area contributed by atoms with Gasteiger partial charge in [-0.2, -0.15) is 0 Å². The Morgan fingerprint density at radius 3 is 2.59 bits per heavy atom. The normalized spacial score (nSPS) is 11.2. The minimum absolute atomic E-state index is 0.0470. The standard InChI is InChI=1S/C18H17N5O5S/c1-11-4-2-6-19-16(11)13-8-12-5-3-7-20-17(12)18(22-13)23-29(27,28)10-14(24)21-9-15(25)26/h2-8H,9-10H2,1H3,(H,21,24)(H,22,23)(H,25,26). The molecule has 0 aromatic carbocycles. The Morgan fingerprint density at radius 2 is 1.86 bits per heavy atom. The summed E-state index contributed by atoms with van der Waals surface area (Å²) in [7, 11) is -4.16. The summed E-state index contributed by atoms with van der Waals surface area (Å²) in [4.78, 5) is 35.0. The van der Waals surface area contributed by atoms with E-state index >= 15 is 0 Å². The van der Waals surface area contributed by atoms with Gasteiger partial charge in [-0.15, -0.1) is 0 Å². The molecule has 0 saturated heterocycles. The first-order valence-corrected chi connectivity index (χ1v) is 10.1. The fourth-order valence-electron chi connectivity index (χ4n) is 2.61. The molecule has 0 spiro atoms. The topological polar surface area (TPSA) is 151 Å². The molecule has 3 aromatic rings. The van der Waals surface area contributed by atoms with Crippen LogP contribution in [-0.2, 0) is 19.6 Å². The molecule has 0 aliphatic rings. The van der Waals surface area contributed by atoms with Crippen LogP contribution in [0.1, 0.15) is 5.56 Å². The van der Waals surface area contributed by atoms with Crippen LogP contribution in [0.25, 0.3) is 22.3 Å².